The van der Waals surface area contributed by atoms with Gasteiger partial charge in [-0.1, -0.05) is 13.8 Å². The van der Waals surface area contributed by atoms with E-state index in [0.29, 0.717) is 13.2 Å². The first-order valence-electron chi connectivity index (χ1n) is 6.44. The van der Waals surface area contributed by atoms with Gasteiger partial charge in [-0.3, -0.25) is 9.59 Å². The summed E-state index contributed by atoms with van der Waals surface area (Å²) in [5.41, 5.74) is 0.127. The van der Waals surface area contributed by atoms with Crippen molar-refractivity contribution >= 4 is 11.8 Å². The number of ether oxygens (including phenoxy) is 1. The smallest absolute Gasteiger partial charge is 0.242 e. The molecular weight excluding hydrogens is 232 g/mol. The lowest BCUT2D eigenvalue weighted by Crippen LogP contribution is -2.50. The summed E-state index contributed by atoms with van der Waals surface area (Å²) in [6.45, 7) is 6.57. The molecule has 104 valence electrons. The molecule has 1 fully saturated rings. The molecule has 18 heavy (non-hydrogen) atoms. The summed E-state index contributed by atoms with van der Waals surface area (Å²) in [5.74, 6) is -0.212. The van der Waals surface area contributed by atoms with Crippen LogP contribution in [0, 0.1) is 11.3 Å². The second-order valence-corrected chi connectivity index (χ2v) is 5.57. The molecule has 0 saturated heterocycles. The molecule has 5 nitrogen and oxygen atoms in total. The Kier molecular flexibility index (Phi) is 5.14. The maximum Gasteiger partial charge on any atom is 0.242 e. The molecular formula is C13H24N2O3. The molecule has 0 aromatic heterocycles. The highest BCUT2D eigenvalue weighted by Crippen LogP contribution is 2.45. The molecule has 1 atom stereocenters. The zero-order valence-corrected chi connectivity index (χ0v) is 11.7. The predicted octanol–water partition coefficient (Wildman–Crippen LogP) is 0.690. The van der Waals surface area contributed by atoms with E-state index in [0.717, 1.165) is 12.8 Å². The van der Waals surface area contributed by atoms with Crippen molar-refractivity contribution in [3.8, 4) is 0 Å². The van der Waals surface area contributed by atoms with Crippen LogP contribution in [0.25, 0.3) is 0 Å². The van der Waals surface area contributed by atoms with E-state index in [-0.39, 0.29) is 23.1 Å². The Morgan fingerprint density at radius 2 is 1.94 bits per heavy atom. The van der Waals surface area contributed by atoms with Crippen molar-refractivity contribution in [3.63, 3.8) is 0 Å². The average molecular weight is 256 g/mol. The van der Waals surface area contributed by atoms with Crippen molar-refractivity contribution in [1.82, 2.24) is 10.6 Å². The Morgan fingerprint density at radius 3 is 2.33 bits per heavy atom. The Bertz CT molecular complexity index is 311. The van der Waals surface area contributed by atoms with Crippen LogP contribution in [-0.2, 0) is 14.3 Å². The third-order valence-electron chi connectivity index (χ3n) is 3.35. The van der Waals surface area contributed by atoms with Crippen LogP contribution in [0.3, 0.4) is 0 Å². The maximum atomic E-state index is 12.0. The van der Waals surface area contributed by atoms with Crippen LogP contribution in [0.15, 0.2) is 0 Å². The topological polar surface area (TPSA) is 67.4 Å². The summed E-state index contributed by atoms with van der Waals surface area (Å²) < 4.78 is 5.15. The van der Waals surface area contributed by atoms with Gasteiger partial charge in [0.25, 0.3) is 0 Å². The van der Waals surface area contributed by atoms with Crippen molar-refractivity contribution in [2.45, 2.75) is 39.7 Å². The van der Waals surface area contributed by atoms with Crippen LogP contribution in [0.1, 0.15) is 33.6 Å². The minimum atomic E-state index is -0.458. The Morgan fingerprint density at radius 1 is 1.33 bits per heavy atom. The quantitative estimate of drug-likeness (QED) is 0.704. The highest BCUT2D eigenvalue weighted by atomic mass is 16.5. The molecule has 1 aliphatic rings. The molecule has 5 heteroatoms. The van der Waals surface area contributed by atoms with Crippen molar-refractivity contribution in [3.05, 3.63) is 0 Å². The summed E-state index contributed by atoms with van der Waals surface area (Å²) in [5, 5.41) is 5.61. The average Bonchev–Trinajstić information content (AvgIpc) is 3.03. The van der Waals surface area contributed by atoms with Crippen LogP contribution >= 0.6 is 0 Å². The second-order valence-electron chi connectivity index (χ2n) is 5.57. The molecule has 1 aliphatic carbocycles. The Balaban J connectivity index is 2.44. The highest BCUT2D eigenvalue weighted by molar-refractivity contribution is 5.87. The summed E-state index contributed by atoms with van der Waals surface area (Å²) in [6.07, 6.45) is 2.18. The third-order valence-corrected chi connectivity index (χ3v) is 3.35. The zero-order valence-electron chi connectivity index (χ0n) is 11.7. The molecule has 0 spiro atoms. The monoisotopic (exact) mass is 256 g/mol. The lowest BCUT2D eigenvalue weighted by molar-refractivity contribution is -0.129. The molecule has 0 aromatic carbocycles. The molecule has 0 heterocycles. The van der Waals surface area contributed by atoms with E-state index in [1.165, 1.54) is 6.92 Å². The number of carbonyl (C=O) groups excluding carboxylic acids is 2. The van der Waals surface area contributed by atoms with Crippen LogP contribution in [0.4, 0.5) is 0 Å². The van der Waals surface area contributed by atoms with Crippen molar-refractivity contribution in [1.29, 1.82) is 0 Å². The normalized spacial score (nSPS) is 18.3. The lowest BCUT2D eigenvalue weighted by atomic mass is 10.0. The van der Waals surface area contributed by atoms with Gasteiger partial charge in [0.15, 0.2) is 0 Å². The summed E-state index contributed by atoms with van der Waals surface area (Å²) >= 11 is 0. The number of nitrogens with one attached hydrogen (secondary N) is 2. The highest BCUT2D eigenvalue weighted by Gasteiger charge is 2.43. The standard InChI is InChI=1S/C13H24N2O3/c1-9(2)11(15-10(3)16)12(17)14-7-13(5-6-13)8-18-4/h9,11H,5-8H2,1-4H3,(H,14,17)(H,15,16)/t11-/m1/s1. The SMILES string of the molecule is COCC1(CNC(=O)[C@H](NC(C)=O)C(C)C)CC1. The van der Waals surface area contributed by atoms with Gasteiger partial charge in [0.1, 0.15) is 6.04 Å². The van der Waals surface area contributed by atoms with Crippen LogP contribution in [0.5, 0.6) is 0 Å². The Hall–Kier alpha value is -1.10. The van der Waals surface area contributed by atoms with E-state index in [4.69, 9.17) is 4.74 Å². The van der Waals surface area contributed by atoms with Gasteiger partial charge in [0, 0.05) is 26.0 Å². The molecule has 0 aromatic rings. The number of amides is 2. The fraction of sp³-hybridized carbons (Fsp3) is 0.846. The minimum Gasteiger partial charge on any atom is -0.384 e. The van der Waals surface area contributed by atoms with E-state index in [2.05, 4.69) is 10.6 Å². The molecule has 0 unspecified atom stereocenters. The zero-order chi connectivity index (χ0) is 13.8. The molecule has 2 N–H and O–H groups in total. The fourth-order valence-corrected chi connectivity index (χ4v) is 1.99. The van der Waals surface area contributed by atoms with Gasteiger partial charge in [0.05, 0.1) is 6.61 Å². The van der Waals surface area contributed by atoms with Crippen molar-refractivity contribution < 1.29 is 14.3 Å². The van der Waals surface area contributed by atoms with Gasteiger partial charge in [0.2, 0.25) is 11.8 Å². The number of rotatable bonds is 7. The van der Waals surface area contributed by atoms with Gasteiger partial charge >= 0.3 is 0 Å². The van der Waals surface area contributed by atoms with E-state index < -0.39 is 6.04 Å². The molecule has 0 radical (unpaired) electrons. The molecule has 2 amide bonds. The summed E-state index contributed by atoms with van der Waals surface area (Å²) in [4.78, 5) is 23.1. The van der Waals surface area contributed by atoms with Crippen LogP contribution in [-0.4, -0.2) is 38.1 Å². The van der Waals surface area contributed by atoms with Gasteiger partial charge in [-0.2, -0.15) is 0 Å². The number of carbonyl (C=O) groups is 2. The van der Waals surface area contributed by atoms with Gasteiger partial charge in [-0.05, 0) is 18.8 Å². The summed E-state index contributed by atoms with van der Waals surface area (Å²) in [7, 11) is 1.68. The van der Waals surface area contributed by atoms with Crippen LogP contribution in [0.2, 0.25) is 0 Å². The first-order chi connectivity index (χ1) is 8.40. The first kappa shape index (κ1) is 15.0. The Labute approximate surface area is 109 Å². The van der Waals surface area contributed by atoms with Gasteiger partial charge in [-0.25, -0.2) is 0 Å². The minimum absolute atomic E-state index is 0.0754. The van der Waals surface area contributed by atoms with Crippen molar-refractivity contribution in [2.24, 2.45) is 11.3 Å². The van der Waals surface area contributed by atoms with E-state index in [1.807, 2.05) is 13.8 Å². The van der Waals surface area contributed by atoms with Crippen LogP contribution < -0.4 is 10.6 Å². The number of hydrogen-bond acceptors (Lipinski definition) is 3. The fourth-order valence-electron chi connectivity index (χ4n) is 1.99. The molecule has 0 aliphatic heterocycles. The molecule has 0 bridgehead atoms. The number of methoxy groups -OCH3 is 1. The molecule has 1 rings (SSSR count). The van der Waals surface area contributed by atoms with E-state index in [1.54, 1.807) is 7.11 Å². The third kappa shape index (κ3) is 4.29. The second kappa shape index (κ2) is 6.18. The number of hydrogen-bond donors (Lipinski definition) is 2. The lowest BCUT2D eigenvalue weighted by Gasteiger charge is -2.22. The predicted molar refractivity (Wildman–Crippen MR) is 69.0 cm³/mol. The first-order valence-corrected chi connectivity index (χ1v) is 6.44. The van der Waals surface area contributed by atoms with Gasteiger partial charge in [-0.15, -0.1) is 0 Å². The van der Waals surface area contributed by atoms with Crippen molar-refractivity contribution in [2.75, 3.05) is 20.3 Å². The maximum absolute atomic E-state index is 12.0. The molecule has 1 saturated carbocycles. The summed E-state index contributed by atoms with van der Waals surface area (Å²) in [6, 6.07) is -0.458. The largest absolute Gasteiger partial charge is 0.384 e. The van der Waals surface area contributed by atoms with E-state index >= 15 is 0 Å². The van der Waals surface area contributed by atoms with Gasteiger partial charge < -0.3 is 15.4 Å². The van der Waals surface area contributed by atoms with E-state index in [9.17, 15) is 9.59 Å².